The van der Waals surface area contributed by atoms with Gasteiger partial charge in [-0.1, -0.05) is 12.1 Å². The maximum atomic E-state index is 16.1. The highest BCUT2D eigenvalue weighted by Gasteiger charge is 2.36. The molecule has 0 radical (unpaired) electrons. The number of imide groups is 1. The summed E-state index contributed by atoms with van der Waals surface area (Å²) >= 11 is 0. The molecule has 15 nitrogen and oxygen atoms in total. The highest BCUT2D eigenvalue weighted by atomic mass is 19.1. The number of nitrogens with zero attached hydrogens (tertiary/aromatic N) is 9. The molecule has 16 heteroatoms. The van der Waals surface area contributed by atoms with Crippen LogP contribution in [-0.4, -0.2) is 119 Å². The monoisotopic (exact) mass is 962 g/mol. The van der Waals surface area contributed by atoms with Crippen LogP contribution in [0.5, 0.6) is 0 Å². The van der Waals surface area contributed by atoms with Gasteiger partial charge in [0.05, 0.1) is 11.0 Å². The molecule has 8 heterocycles. The number of aromatic nitrogens is 5. The van der Waals surface area contributed by atoms with Gasteiger partial charge in [0.2, 0.25) is 11.8 Å². The van der Waals surface area contributed by atoms with Crippen molar-refractivity contribution in [3.63, 3.8) is 0 Å². The van der Waals surface area contributed by atoms with Gasteiger partial charge in [-0.2, -0.15) is 0 Å². The van der Waals surface area contributed by atoms with E-state index in [2.05, 4.69) is 74.7 Å². The Kier molecular flexibility index (Phi) is 12.5. The molecule has 370 valence electrons. The summed E-state index contributed by atoms with van der Waals surface area (Å²) in [6.07, 6.45) is 10.7. The predicted octanol–water partition coefficient (Wildman–Crippen LogP) is 7.00. The van der Waals surface area contributed by atoms with Gasteiger partial charge in [0.15, 0.2) is 0 Å². The average molecular weight is 962 g/mol. The summed E-state index contributed by atoms with van der Waals surface area (Å²) in [6, 6.07) is 17.5. The SMILES string of the molecule is Cc1cc(C(=O)N2CCC(CN3CCN(Cc4ccc5c(c4)n(C4CC4)c(=O)n5C4CCC(=O)NC4=O)C[C@@H]3C)CC2)cc(F)c1C1=CCN([C@@H](C)c2cc3c(-c4ccc(N)nc4)ccnc3n2C)CC1. The van der Waals surface area contributed by atoms with Crippen molar-refractivity contribution in [3.8, 4) is 11.1 Å². The lowest BCUT2D eigenvalue weighted by atomic mass is 9.92. The molecule has 1 aliphatic carbocycles. The first-order valence-electron chi connectivity index (χ1n) is 25.5. The van der Waals surface area contributed by atoms with E-state index in [0.717, 1.165) is 121 Å². The maximum absolute atomic E-state index is 16.1. The number of hydrogen-bond acceptors (Lipinski definition) is 10. The largest absolute Gasteiger partial charge is 0.384 e. The van der Waals surface area contributed by atoms with E-state index in [-0.39, 0.29) is 41.8 Å². The lowest BCUT2D eigenvalue weighted by Gasteiger charge is -2.42. The number of piperidine rings is 2. The van der Waals surface area contributed by atoms with Gasteiger partial charge in [0.1, 0.15) is 23.3 Å². The van der Waals surface area contributed by atoms with E-state index in [1.54, 1.807) is 10.8 Å². The summed E-state index contributed by atoms with van der Waals surface area (Å²) in [5.41, 5.74) is 15.3. The number of benzene rings is 2. The van der Waals surface area contributed by atoms with E-state index in [1.165, 1.54) is 6.07 Å². The summed E-state index contributed by atoms with van der Waals surface area (Å²) < 4.78 is 21.8. The summed E-state index contributed by atoms with van der Waals surface area (Å²) in [4.78, 5) is 70.7. The predicted molar refractivity (Wildman–Crippen MR) is 273 cm³/mol. The normalized spacial score (nSPS) is 21.5. The fourth-order valence-electron chi connectivity index (χ4n) is 12.1. The van der Waals surface area contributed by atoms with E-state index in [0.29, 0.717) is 61.4 Å². The second-order valence-corrected chi connectivity index (χ2v) is 20.9. The van der Waals surface area contributed by atoms with E-state index in [4.69, 9.17) is 10.7 Å². The molecule has 3 N–H and O–H groups in total. The number of aryl methyl sites for hydroxylation is 2. The van der Waals surface area contributed by atoms with E-state index >= 15 is 4.39 Å². The van der Waals surface area contributed by atoms with Crippen LogP contribution in [0, 0.1) is 18.7 Å². The lowest BCUT2D eigenvalue weighted by Crippen LogP contribution is -2.53. The van der Waals surface area contributed by atoms with Gasteiger partial charge in [-0.3, -0.25) is 43.5 Å². The van der Waals surface area contributed by atoms with Gasteiger partial charge in [-0.05, 0) is 136 Å². The van der Waals surface area contributed by atoms with Crippen LogP contribution >= 0.6 is 0 Å². The van der Waals surface area contributed by atoms with E-state index in [9.17, 15) is 19.2 Å². The second-order valence-electron chi connectivity index (χ2n) is 20.9. The van der Waals surface area contributed by atoms with Crippen molar-refractivity contribution in [2.75, 3.05) is 58.1 Å². The quantitative estimate of drug-likeness (QED) is 0.130. The number of nitrogen functional groups attached to an aromatic ring is 1. The molecule has 3 saturated heterocycles. The molecule has 0 spiro atoms. The number of fused-ring (bicyclic) bond motifs is 2. The number of anilines is 1. The second kappa shape index (κ2) is 18.9. The van der Waals surface area contributed by atoms with Crippen molar-refractivity contribution in [2.45, 2.75) is 96.4 Å². The molecule has 5 aliphatic rings. The van der Waals surface area contributed by atoms with Crippen LogP contribution < -0.4 is 16.7 Å². The van der Waals surface area contributed by atoms with Gasteiger partial charge in [-0.15, -0.1) is 0 Å². The molecule has 71 heavy (non-hydrogen) atoms. The summed E-state index contributed by atoms with van der Waals surface area (Å²) in [5, 5.41) is 3.48. The first kappa shape index (κ1) is 46.9. The first-order valence-corrected chi connectivity index (χ1v) is 25.5. The number of carbonyl (C=O) groups is 3. The van der Waals surface area contributed by atoms with Crippen molar-refractivity contribution in [3.05, 3.63) is 117 Å². The Morgan fingerprint density at radius 2 is 1.72 bits per heavy atom. The number of nitrogens with two attached hydrogens (primary N) is 1. The molecule has 3 atom stereocenters. The number of pyridine rings is 2. The zero-order chi connectivity index (χ0) is 49.2. The number of piperazine rings is 1. The Morgan fingerprint density at radius 3 is 2.42 bits per heavy atom. The zero-order valence-electron chi connectivity index (χ0n) is 41.2. The summed E-state index contributed by atoms with van der Waals surface area (Å²) in [7, 11) is 2.06. The van der Waals surface area contributed by atoms with E-state index in [1.807, 2.05) is 52.9 Å². The zero-order valence-corrected chi connectivity index (χ0v) is 41.2. The molecule has 4 aliphatic heterocycles. The molecule has 4 aromatic heterocycles. The number of rotatable bonds is 11. The van der Waals surface area contributed by atoms with Crippen LogP contribution in [0.2, 0.25) is 0 Å². The molecular formula is C55H64FN11O4. The molecular weight excluding hydrogens is 898 g/mol. The molecule has 1 saturated carbocycles. The molecule has 0 bridgehead atoms. The summed E-state index contributed by atoms with van der Waals surface area (Å²) in [5.74, 6) is -0.175. The number of hydrogen-bond donors (Lipinski definition) is 2. The maximum Gasteiger partial charge on any atom is 0.330 e. The van der Waals surface area contributed by atoms with Crippen LogP contribution in [0.1, 0.15) is 110 Å². The topological polar surface area (TPSA) is 160 Å². The van der Waals surface area contributed by atoms with Crippen molar-refractivity contribution >= 4 is 51.2 Å². The third-order valence-corrected chi connectivity index (χ3v) is 16.2. The Bertz CT molecular complexity index is 3140. The molecule has 4 fully saturated rings. The lowest BCUT2D eigenvalue weighted by molar-refractivity contribution is -0.135. The minimum atomic E-state index is -0.686. The minimum Gasteiger partial charge on any atom is -0.384 e. The molecule has 11 rings (SSSR count). The van der Waals surface area contributed by atoms with Crippen LogP contribution in [0.15, 0.2) is 77.9 Å². The van der Waals surface area contributed by atoms with Crippen molar-refractivity contribution in [1.82, 2.24) is 48.6 Å². The van der Waals surface area contributed by atoms with Crippen molar-refractivity contribution in [1.29, 1.82) is 0 Å². The highest BCUT2D eigenvalue weighted by Crippen LogP contribution is 2.39. The fourth-order valence-corrected chi connectivity index (χ4v) is 12.1. The van der Waals surface area contributed by atoms with Crippen molar-refractivity contribution < 1.29 is 18.8 Å². The molecule has 6 aromatic rings. The number of likely N-dealkylation sites (tertiary alicyclic amines) is 1. The molecule has 2 aromatic carbocycles. The van der Waals surface area contributed by atoms with Crippen LogP contribution in [0.4, 0.5) is 10.2 Å². The van der Waals surface area contributed by atoms with Gasteiger partial charge in [0.25, 0.3) is 5.91 Å². The average Bonchev–Trinajstić information content (AvgIpc) is 4.08. The Labute approximate surface area is 413 Å². The van der Waals surface area contributed by atoms with Gasteiger partial charge >= 0.3 is 5.69 Å². The Hall–Kier alpha value is -6.49. The first-order chi connectivity index (χ1) is 34.3. The van der Waals surface area contributed by atoms with Crippen LogP contribution in [-0.2, 0) is 23.2 Å². The number of amides is 3. The van der Waals surface area contributed by atoms with Crippen LogP contribution in [0.25, 0.3) is 38.8 Å². The molecule has 3 amide bonds. The van der Waals surface area contributed by atoms with Gasteiger partial charge in [-0.25, -0.2) is 19.2 Å². The third kappa shape index (κ3) is 8.99. The Balaban J connectivity index is 0.677. The number of imidazole rings is 1. The number of halogens is 1. The molecule has 1 unspecified atom stereocenters. The van der Waals surface area contributed by atoms with Gasteiger partial charge < -0.3 is 15.2 Å². The fraction of sp³-hybridized carbons (Fsp3) is 0.455. The smallest absolute Gasteiger partial charge is 0.330 e. The number of carbonyl (C=O) groups excluding carboxylic acids is 3. The van der Waals surface area contributed by atoms with E-state index < -0.39 is 11.9 Å². The Morgan fingerprint density at radius 1 is 0.901 bits per heavy atom. The third-order valence-electron chi connectivity index (χ3n) is 16.2. The highest BCUT2D eigenvalue weighted by molar-refractivity contribution is 6.00. The standard InChI is InChI=1S/C55H64FN11O4/c1-33-25-40(27-44(56)51(33)38-16-21-63(22-17-38)35(3)47-28-43-42(13-18-58-52(43)61(47)4)39-6-11-49(57)59-29-39)54(70)64-19-14-36(15-20-64)32-65-24-23-62(30-34(65)2)31-37-5-9-45-48(26-37)66(41-7-8-41)55(71)67(45)46-10-12-50(68)60-53(46)69/h5-6,9,11,13,16,18,25-29,34-36,41,46H,7-8,10,12,14-15,17,19-24,30-32H2,1-4H3,(H2,57,59)(H,60,68,69)/t34-,35-,46?/m0/s1. The van der Waals surface area contributed by atoms with Crippen molar-refractivity contribution in [2.24, 2.45) is 13.0 Å². The summed E-state index contributed by atoms with van der Waals surface area (Å²) in [6.45, 7) is 13.7. The number of nitrogens with one attached hydrogen (secondary N) is 1. The van der Waals surface area contributed by atoms with Gasteiger partial charge in [0, 0.05) is 131 Å². The minimum absolute atomic E-state index is 0.0964. The van der Waals surface area contributed by atoms with Crippen LogP contribution in [0.3, 0.4) is 0 Å².